The van der Waals surface area contributed by atoms with Gasteiger partial charge >= 0.3 is 0 Å². The smallest absolute Gasteiger partial charge is 0.269 e. The molecule has 0 aliphatic rings. The molecule has 32 heavy (non-hydrogen) atoms. The first-order valence-corrected chi connectivity index (χ1v) is 11.0. The lowest BCUT2D eigenvalue weighted by Crippen LogP contribution is -2.54. The molecule has 1 rings (SSSR count). The van der Waals surface area contributed by atoms with Crippen molar-refractivity contribution in [2.45, 2.75) is 53.6 Å². The molecule has 0 bridgehead atoms. The third-order valence-electron chi connectivity index (χ3n) is 4.91. The number of carbonyl (C=O) groups is 3. The zero-order valence-electron chi connectivity index (χ0n) is 19.6. The van der Waals surface area contributed by atoms with Crippen LogP contribution in [0.25, 0.3) is 6.08 Å². The molecule has 0 saturated heterocycles. The molecule has 8 heteroatoms. The molecule has 0 radical (unpaired) electrons. The van der Waals surface area contributed by atoms with Crippen LogP contribution in [0, 0.1) is 23.7 Å². The second-order valence-corrected chi connectivity index (χ2v) is 8.86. The van der Waals surface area contributed by atoms with Crippen LogP contribution in [0.2, 0.25) is 0 Å². The molecule has 0 aromatic heterocycles. The van der Waals surface area contributed by atoms with Gasteiger partial charge in [-0.3, -0.25) is 30.0 Å². The normalized spacial score (nSPS) is 14.3. The number of rotatable bonds is 11. The van der Waals surface area contributed by atoms with E-state index >= 15 is 0 Å². The van der Waals surface area contributed by atoms with Gasteiger partial charge in [-0.2, -0.15) is 0 Å². The van der Waals surface area contributed by atoms with Gasteiger partial charge in [-0.1, -0.05) is 70.2 Å². The molecule has 8 nitrogen and oxygen atoms in total. The van der Waals surface area contributed by atoms with Gasteiger partial charge in [0.25, 0.3) is 5.91 Å². The Hall–Kier alpha value is -2.71. The number of hydrazine groups is 1. The Kier molecular flexibility index (Phi) is 11.7. The quantitative estimate of drug-likeness (QED) is 0.307. The lowest BCUT2D eigenvalue weighted by molar-refractivity contribution is -0.151. The summed E-state index contributed by atoms with van der Waals surface area (Å²) in [6.45, 7) is 9.19. The number of hydroxylamine groups is 1. The van der Waals surface area contributed by atoms with Gasteiger partial charge in [0.05, 0.1) is 11.8 Å². The highest BCUT2D eigenvalue weighted by atomic mass is 16.5. The first-order chi connectivity index (χ1) is 15.1. The minimum atomic E-state index is -1.28. The van der Waals surface area contributed by atoms with Gasteiger partial charge in [-0.15, -0.1) is 0 Å². The summed E-state index contributed by atoms with van der Waals surface area (Å²) in [4.78, 5) is 38.1. The van der Waals surface area contributed by atoms with Gasteiger partial charge in [0, 0.05) is 6.54 Å². The van der Waals surface area contributed by atoms with Crippen molar-refractivity contribution in [3.63, 3.8) is 0 Å². The number of hydrogen-bond acceptors (Lipinski definition) is 5. The Morgan fingerprint density at radius 2 is 1.59 bits per heavy atom. The molecule has 1 aromatic carbocycles. The number of allylic oxidation sites excluding steroid dienone is 1. The number of benzene rings is 1. The van der Waals surface area contributed by atoms with Crippen molar-refractivity contribution in [3.8, 4) is 0 Å². The van der Waals surface area contributed by atoms with Gasteiger partial charge in [-0.05, 0) is 37.2 Å². The van der Waals surface area contributed by atoms with Crippen LogP contribution in [0.1, 0.15) is 53.0 Å². The number of nitrogens with zero attached hydrogens (tertiary/aromatic N) is 1. The van der Waals surface area contributed by atoms with Crippen LogP contribution in [0.15, 0.2) is 36.4 Å². The van der Waals surface area contributed by atoms with Crippen LogP contribution in [-0.4, -0.2) is 45.7 Å². The van der Waals surface area contributed by atoms with Gasteiger partial charge in [0.1, 0.15) is 6.10 Å². The Morgan fingerprint density at radius 1 is 0.969 bits per heavy atom. The first-order valence-electron chi connectivity index (χ1n) is 11.0. The third kappa shape index (κ3) is 9.20. The molecule has 3 amide bonds. The van der Waals surface area contributed by atoms with Gasteiger partial charge in [0.15, 0.2) is 0 Å². The first kappa shape index (κ1) is 27.3. The van der Waals surface area contributed by atoms with Crippen molar-refractivity contribution < 1.29 is 24.7 Å². The second-order valence-electron chi connectivity index (χ2n) is 8.86. The van der Waals surface area contributed by atoms with Crippen LogP contribution in [0.5, 0.6) is 0 Å². The minimum absolute atomic E-state index is 0.0480. The molecule has 0 saturated carbocycles. The van der Waals surface area contributed by atoms with Gasteiger partial charge < -0.3 is 5.11 Å². The fourth-order valence-electron chi connectivity index (χ4n) is 3.41. The van der Waals surface area contributed by atoms with Crippen LogP contribution in [0.4, 0.5) is 0 Å². The van der Waals surface area contributed by atoms with E-state index in [2.05, 4.69) is 5.43 Å². The molecular formula is C24H37N3O5. The summed E-state index contributed by atoms with van der Waals surface area (Å²) in [5.74, 6) is -3.29. The fourth-order valence-corrected chi connectivity index (χ4v) is 3.41. The van der Waals surface area contributed by atoms with E-state index in [1.807, 2.05) is 64.1 Å². The van der Waals surface area contributed by atoms with Crippen molar-refractivity contribution in [2.75, 3.05) is 6.54 Å². The van der Waals surface area contributed by atoms with E-state index in [1.54, 1.807) is 11.6 Å². The summed E-state index contributed by atoms with van der Waals surface area (Å²) in [6.07, 6.45) is 2.97. The molecule has 0 spiro atoms. The SMILES string of the molecule is CC(C)C[C@@H](C(=O)NN(CC(C)C)C(=O)C(C)O)[C@H](CC=Cc1ccccc1)C(=O)NO. The number of nitrogens with one attached hydrogen (secondary N) is 2. The molecule has 1 unspecified atom stereocenters. The molecular weight excluding hydrogens is 410 g/mol. The highest BCUT2D eigenvalue weighted by molar-refractivity contribution is 5.89. The van der Waals surface area contributed by atoms with Crippen LogP contribution < -0.4 is 10.9 Å². The average Bonchev–Trinajstić information content (AvgIpc) is 2.74. The van der Waals surface area contributed by atoms with E-state index in [4.69, 9.17) is 0 Å². The van der Waals surface area contributed by atoms with Gasteiger partial charge in [-0.25, -0.2) is 5.48 Å². The van der Waals surface area contributed by atoms with E-state index in [-0.39, 0.29) is 24.8 Å². The molecule has 178 valence electrons. The van der Waals surface area contributed by atoms with Crippen molar-refractivity contribution in [1.82, 2.24) is 15.9 Å². The summed E-state index contributed by atoms with van der Waals surface area (Å²) in [7, 11) is 0. The lowest BCUT2D eigenvalue weighted by Gasteiger charge is -2.31. The second kappa shape index (κ2) is 13.6. The molecule has 0 aliphatic carbocycles. The van der Waals surface area contributed by atoms with E-state index in [1.165, 1.54) is 6.92 Å². The van der Waals surface area contributed by atoms with E-state index < -0.39 is 35.7 Å². The van der Waals surface area contributed by atoms with Crippen molar-refractivity contribution in [1.29, 1.82) is 0 Å². The standard InChI is InChI=1S/C24H37N3O5/c1-16(2)14-21(22(29)25-27(15-17(3)4)24(31)18(5)28)20(23(30)26-32)13-9-12-19-10-7-6-8-11-19/h6-12,16-18,20-21,28,32H,13-15H2,1-5H3,(H,25,29)(H,26,30)/t18?,20-,21+/m0/s1. The predicted molar refractivity (Wildman–Crippen MR) is 123 cm³/mol. The van der Waals surface area contributed by atoms with Crippen LogP contribution >= 0.6 is 0 Å². The number of aliphatic hydroxyl groups is 1. The summed E-state index contributed by atoms with van der Waals surface area (Å²) in [6, 6.07) is 9.53. The Bertz CT molecular complexity index is 762. The van der Waals surface area contributed by atoms with Gasteiger partial charge in [0.2, 0.25) is 11.8 Å². The summed E-state index contributed by atoms with van der Waals surface area (Å²) in [5, 5.41) is 20.1. The monoisotopic (exact) mass is 447 g/mol. The maximum absolute atomic E-state index is 13.2. The molecule has 0 aliphatic heterocycles. The Morgan fingerprint density at radius 3 is 2.09 bits per heavy atom. The molecule has 0 fully saturated rings. The fraction of sp³-hybridized carbons (Fsp3) is 0.542. The predicted octanol–water partition coefficient (Wildman–Crippen LogP) is 2.77. The highest BCUT2D eigenvalue weighted by Gasteiger charge is 2.35. The number of aliphatic hydroxyl groups excluding tert-OH is 1. The Balaban J connectivity index is 3.13. The maximum atomic E-state index is 13.2. The molecule has 3 atom stereocenters. The van der Waals surface area contributed by atoms with E-state index in [0.717, 1.165) is 10.6 Å². The number of amides is 3. The molecule has 0 heterocycles. The topological polar surface area (TPSA) is 119 Å². The van der Waals surface area contributed by atoms with Crippen molar-refractivity contribution in [2.24, 2.45) is 23.7 Å². The lowest BCUT2D eigenvalue weighted by atomic mass is 9.82. The zero-order valence-corrected chi connectivity index (χ0v) is 19.6. The van der Waals surface area contributed by atoms with Crippen LogP contribution in [0.3, 0.4) is 0 Å². The van der Waals surface area contributed by atoms with E-state index in [0.29, 0.717) is 6.42 Å². The van der Waals surface area contributed by atoms with Crippen molar-refractivity contribution in [3.05, 3.63) is 42.0 Å². The van der Waals surface area contributed by atoms with Crippen molar-refractivity contribution >= 4 is 23.8 Å². The average molecular weight is 448 g/mol. The largest absolute Gasteiger partial charge is 0.383 e. The highest BCUT2D eigenvalue weighted by Crippen LogP contribution is 2.25. The van der Waals surface area contributed by atoms with E-state index in [9.17, 15) is 24.7 Å². The molecule has 1 aromatic rings. The number of hydrogen-bond donors (Lipinski definition) is 4. The third-order valence-corrected chi connectivity index (χ3v) is 4.91. The number of carbonyl (C=O) groups excluding carboxylic acids is 3. The summed E-state index contributed by atoms with van der Waals surface area (Å²) >= 11 is 0. The summed E-state index contributed by atoms with van der Waals surface area (Å²) in [5.41, 5.74) is 5.23. The zero-order chi connectivity index (χ0) is 24.3. The Labute approximate surface area is 190 Å². The summed E-state index contributed by atoms with van der Waals surface area (Å²) < 4.78 is 0. The minimum Gasteiger partial charge on any atom is -0.383 e. The maximum Gasteiger partial charge on any atom is 0.269 e. The molecule has 4 N–H and O–H groups in total. The van der Waals surface area contributed by atoms with Crippen LogP contribution in [-0.2, 0) is 14.4 Å².